The first-order chi connectivity index (χ1) is 21.0. The molecule has 1 saturated heterocycles. The van der Waals surface area contributed by atoms with Gasteiger partial charge in [0.1, 0.15) is 18.1 Å². The highest BCUT2D eigenvalue weighted by atomic mass is 16.5. The molecule has 1 N–H and O–H groups in total. The molecule has 0 saturated carbocycles. The maximum atomic E-state index is 9.99. The van der Waals surface area contributed by atoms with E-state index in [0.29, 0.717) is 18.3 Å². The fourth-order valence-corrected chi connectivity index (χ4v) is 7.67. The molecule has 0 spiro atoms. The van der Waals surface area contributed by atoms with E-state index in [-0.39, 0.29) is 11.1 Å². The zero-order valence-corrected chi connectivity index (χ0v) is 27.9. The zero-order valence-electron chi connectivity index (χ0n) is 27.9. The van der Waals surface area contributed by atoms with E-state index >= 15 is 0 Å². The van der Waals surface area contributed by atoms with Crippen molar-refractivity contribution in [3.05, 3.63) is 76.9 Å². The molecule has 5 rings (SSSR count). The van der Waals surface area contributed by atoms with Crippen LogP contribution in [0.25, 0.3) is 0 Å². The van der Waals surface area contributed by atoms with Gasteiger partial charge in [-0.1, -0.05) is 18.2 Å². The van der Waals surface area contributed by atoms with Crippen molar-refractivity contribution in [3.8, 4) is 23.0 Å². The number of methoxy groups -OCH3 is 2. The molecule has 2 aliphatic rings. The molecule has 3 aromatic rings. The summed E-state index contributed by atoms with van der Waals surface area (Å²) in [5, 5.41) is 9.99. The van der Waals surface area contributed by atoms with Gasteiger partial charge in [-0.25, -0.2) is 0 Å². The number of rotatable bonds is 11. The van der Waals surface area contributed by atoms with Crippen LogP contribution < -0.4 is 19.1 Å². The summed E-state index contributed by atoms with van der Waals surface area (Å²) in [7, 11) is 3.41. The largest absolute Gasteiger partial charge is 0.508 e. The number of benzene rings is 3. The fourth-order valence-electron chi connectivity index (χ4n) is 7.67. The third-order valence-corrected chi connectivity index (χ3v) is 10.0. The first-order valence-corrected chi connectivity index (χ1v) is 16.4. The molecule has 0 unspecified atom stereocenters. The lowest BCUT2D eigenvalue weighted by molar-refractivity contribution is -0.0340. The second-order valence-electron chi connectivity index (χ2n) is 13.8. The Kier molecular flexibility index (Phi) is 9.69. The van der Waals surface area contributed by atoms with Crippen LogP contribution in [0.5, 0.6) is 23.0 Å². The van der Waals surface area contributed by atoms with Crippen LogP contribution in [0.1, 0.15) is 88.5 Å². The topological polar surface area (TPSA) is 54.4 Å². The highest BCUT2D eigenvalue weighted by Gasteiger charge is 2.40. The Labute approximate surface area is 264 Å². The Morgan fingerprint density at radius 1 is 0.886 bits per heavy atom. The summed E-state index contributed by atoms with van der Waals surface area (Å²) in [4.78, 5) is 5.06. The van der Waals surface area contributed by atoms with Crippen molar-refractivity contribution in [2.24, 2.45) is 0 Å². The van der Waals surface area contributed by atoms with Gasteiger partial charge in [0.05, 0.1) is 14.2 Å². The van der Waals surface area contributed by atoms with Crippen molar-refractivity contribution in [1.82, 2.24) is 4.90 Å². The van der Waals surface area contributed by atoms with Crippen molar-refractivity contribution >= 4 is 5.69 Å². The molecule has 1 aliphatic heterocycles. The second kappa shape index (κ2) is 13.3. The minimum atomic E-state index is 0.200. The smallest absolute Gasteiger partial charge is 0.162 e. The van der Waals surface area contributed by atoms with Gasteiger partial charge in [0.2, 0.25) is 0 Å². The number of aromatic hydroxyl groups is 1. The summed E-state index contributed by atoms with van der Waals surface area (Å²) in [5.74, 6) is 3.12. The van der Waals surface area contributed by atoms with Crippen molar-refractivity contribution in [1.29, 1.82) is 0 Å². The first kappa shape index (κ1) is 32.0. The number of anilines is 1. The standard InChI is InChI=1S/C38H52N2O4/c1-8-39(26-27-10-16-32(17-11-27)44-21-20-40-37(2,3)18-9-19-38(40,4)5)34-25-36(43-7)35(42-6)24-33(34)30-13-12-29-23-31(41)15-14-28(29)22-30/h10-11,14-17,23-25,30,41H,8-9,12-13,18-22,26H2,1-7H3/t30-/m1/s1. The third kappa shape index (κ3) is 6.96. The minimum Gasteiger partial charge on any atom is -0.508 e. The molecule has 1 aliphatic carbocycles. The second-order valence-corrected chi connectivity index (χ2v) is 13.8. The predicted octanol–water partition coefficient (Wildman–Crippen LogP) is 8.13. The van der Waals surface area contributed by atoms with Crippen LogP contribution in [-0.2, 0) is 19.4 Å². The number of phenols is 1. The summed E-state index contributed by atoms with van der Waals surface area (Å²) in [5.41, 5.74) is 6.67. The van der Waals surface area contributed by atoms with E-state index in [4.69, 9.17) is 14.2 Å². The van der Waals surface area contributed by atoms with E-state index in [1.54, 1.807) is 20.3 Å². The van der Waals surface area contributed by atoms with Crippen LogP contribution >= 0.6 is 0 Å². The lowest BCUT2D eigenvalue weighted by Gasteiger charge is -2.53. The molecular weight excluding hydrogens is 548 g/mol. The molecule has 1 atom stereocenters. The van der Waals surface area contributed by atoms with Gasteiger partial charge < -0.3 is 24.2 Å². The number of phenolic OH excluding ortho intramolecular Hbond substituents is 1. The monoisotopic (exact) mass is 600 g/mol. The Bertz CT molecular complexity index is 1400. The van der Waals surface area contributed by atoms with Gasteiger partial charge in [-0.2, -0.15) is 0 Å². The number of ether oxygens (including phenoxy) is 3. The van der Waals surface area contributed by atoms with E-state index in [9.17, 15) is 5.11 Å². The van der Waals surface area contributed by atoms with E-state index in [2.05, 4.69) is 86.9 Å². The first-order valence-electron chi connectivity index (χ1n) is 16.4. The molecule has 0 radical (unpaired) electrons. The summed E-state index contributed by atoms with van der Waals surface area (Å²) in [6.45, 7) is 14.9. The number of piperidine rings is 1. The summed E-state index contributed by atoms with van der Waals surface area (Å²) in [6, 6.07) is 18.7. The van der Waals surface area contributed by atoms with Gasteiger partial charge in [0, 0.05) is 42.5 Å². The van der Waals surface area contributed by atoms with Crippen LogP contribution in [0.2, 0.25) is 0 Å². The van der Waals surface area contributed by atoms with Crippen molar-refractivity contribution in [2.75, 3.05) is 38.8 Å². The number of aryl methyl sites for hydroxylation is 1. The molecule has 0 amide bonds. The average molecular weight is 601 g/mol. The van der Waals surface area contributed by atoms with Crippen LogP contribution in [0.3, 0.4) is 0 Å². The fraction of sp³-hybridized carbons (Fsp3) is 0.526. The molecule has 1 heterocycles. The Morgan fingerprint density at radius 2 is 1.57 bits per heavy atom. The number of hydrogen-bond donors (Lipinski definition) is 1. The van der Waals surface area contributed by atoms with Crippen LogP contribution in [0, 0.1) is 0 Å². The van der Waals surface area contributed by atoms with E-state index in [1.807, 2.05) is 6.07 Å². The third-order valence-electron chi connectivity index (χ3n) is 10.0. The van der Waals surface area contributed by atoms with Gasteiger partial charge >= 0.3 is 0 Å². The molecule has 0 aromatic heterocycles. The molecule has 238 valence electrons. The lowest BCUT2D eigenvalue weighted by Crippen LogP contribution is -2.59. The number of fused-ring (bicyclic) bond motifs is 1. The van der Waals surface area contributed by atoms with Crippen molar-refractivity contribution in [3.63, 3.8) is 0 Å². The van der Waals surface area contributed by atoms with Gasteiger partial charge in [0.15, 0.2) is 11.5 Å². The molecule has 0 bridgehead atoms. The zero-order chi connectivity index (χ0) is 31.5. The van der Waals surface area contributed by atoms with Gasteiger partial charge in [0.25, 0.3) is 0 Å². The SMILES string of the molecule is CCN(Cc1ccc(OCCN2C(C)(C)CCCC2(C)C)cc1)c1cc(OC)c(OC)cc1[C@@H]1CCc2cc(O)ccc2C1. The normalized spacial score (nSPS) is 19.2. The summed E-state index contributed by atoms with van der Waals surface area (Å²) < 4.78 is 17.8. The molecule has 6 nitrogen and oxygen atoms in total. The number of nitrogens with zero attached hydrogens (tertiary/aromatic N) is 2. The summed E-state index contributed by atoms with van der Waals surface area (Å²) in [6.07, 6.45) is 6.67. The molecule has 44 heavy (non-hydrogen) atoms. The number of hydrogen-bond acceptors (Lipinski definition) is 6. The molecule has 6 heteroatoms. The van der Waals surface area contributed by atoms with Crippen molar-refractivity contribution in [2.45, 2.75) is 96.7 Å². The minimum absolute atomic E-state index is 0.200. The average Bonchev–Trinajstić information content (AvgIpc) is 3.00. The number of likely N-dealkylation sites (tertiary alicyclic amines) is 1. The maximum Gasteiger partial charge on any atom is 0.162 e. The highest BCUT2D eigenvalue weighted by Crippen LogP contribution is 2.44. The van der Waals surface area contributed by atoms with Gasteiger partial charge in [-0.15, -0.1) is 0 Å². The quantitative estimate of drug-likeness (QED) is 0.240. The highest BCUT2D eigenvalue weighted by molar-refractivity contribution is 5.64. The maximum absolute atomic E-state index is 9.99. The van der Waals surface area contributed by atoms with Gasteiger partial charge in [-0.3, -0.25) is 4.90 Å². The van der Waals surface area contributed by atoms with Crippen molar-refractivity contribution < 1.29 is 19.3 Å². The van der Waals surface area contributed by atoms with E-state index < -0.39 is 0 Å². The Balaban J connectivity index is 1.31. The predicted molar refractivity (Wildman–Crippen MR) is 180 cm³/mol. The molecule has 1 fully saturated rings. The Hall–Kier alpha value is -3.38. The molecule has 3 aromatic carbocycles. The lowest BCUT2D eigenvalue weighted by atomic mass is 9.79. The summed E-state index contributed by atoms with van der Waals surface area (Å²) >= 11 is 0. The van der Waals surface area contributed by atoms with Crippen LogP contribution in [-0.4, -0.2) is 55.0 Å². The Morgan fingerprint density at radius 3 is 2.23 bits per heavy atom. The van der Waals surface area contributed by atoms with Crippen LogP contribution in [0.15, 0.2) is 54.6 Å². The van der Waals surface area contributed by atoms with E-state index in [0.717, 1.165) is 56.1 Å². The molecular formula is C38H52N2O4. The van der Waals surface area contributed by atoms with E-state index in [1.165, 1.54) is 47.2 Å². The van der Waals surface area contributed by atoms with Gasteiger partial charge in [-0.05, 0) is 132 Å². The van der Waals surface area contributed by atoms with Crippen LogP contribution in [0.4, 0.5) is 5.69 Å².